The minimum Gasteiger partial charge on any atom is -0.315 e. The lowest BCUT2D eigenvalue weighted by molar-refractivity contribution is 0.104. The van der Waals surface area contributed by atoms with Crippen molar-refractivity contribution in [3.63, 3.8) is 0 Å². The van der Waals surface area contributed by atoms with E-state index >= 15 is 0 Å². The van der Waals surface area contributed by atoms with Gasteiger partial charge in [0.1, 0.15) is 0 Å². The highest BCUT2D eigenvalue weighted by Gasteiger charge is 2.30. The molecule has 1 aliphatic heterocycles. The maximum absolute atomic E-state index is 3.50. The molecule has 2 heteroatoms. The molecule has 2 nitrogen and oxygen atoms in total. The third-order valence-corrected chi connectivity index (χ3v) is 2.73. The molecule has 0 spiro atoms. The Balaban J connectivity index is 2.65. The second-order valence-corrected chi connectivity index (χ2v) is 5.93. The molecule has 0 amide bonds. The summed E-state index contributed by atoms with van der Waals surface area (Å²) in [4.78, 5) is 2.58. The van der Waals surface area contributed by atoms with Crippen LogP contribution in [0.4, 0.5) is 0 Å². The van der Waals surface area contributed by atoms with Crippen LogP contribution in [0.5, 0.6) is 0 Å². The van der Waals surface area contributed by atoms with Gasteiger partial charge in [-0.15, -0.1) is 0 Å². The van der Waals surface area contributed by atoms with Crippen molar-refractivity contribution in [2.75, 3.05) is 26.2 Å². The molecule has 0 radical (unpaired) electrons. The lowest BCUT2D eigenvalue weighted by atomic mass is 9.91. The zero-order valence-electron chi connectivity index (χ0n) is 9.78. The Labute approximate surface area is 82.7 Å². The Kier molecular flexibility index (Phi) is 3.03. The average Bonchev–Trinajstić information content (AvgIpc) is 2.08. The van der Waals surface area contributed by atoms with Gasteiger partial charge < -0.3 is 5.32 Å². The molecule has 78 valence electrons. The summed E-state index contributed by atoms with van der Waals surface area (Å²) in [5.74, 6) is 0. The highest BCUT2D eigenvalue weighted by molar-refractivity contribution is 4.86. The summed E-state index contributed by atoms with van der Waals surface area (Å²) in [6.07, 6.45) is 0. The van der Waals surface area contributed by atoms with E-state index < -0.39 is 0 Å². The highest BCUT2D eigenvalue weighted by Crippen LogP contribution is 2.23. The van der Waals surface area contributed by atoms with Crippen molar-refractivity contribution in [3.05, 3.63) is 0 Å². The van der Waals surface area contributed by atoms with E-state index in [0.717, 1.165) is 13.1 Å². The molecule has 0 aromatic carbocycles. The molecule has 1 saturated heterocycles. The maximum Gasteiger partial charge on any atom is 0.0125 e. The van der Waals surface area contributed by atoms with E-state index in [0.29, 0.717) is 11.0 Å². The van der Waals surface area contributed by atoms with Gasteiger partial charge in [0.15, 0.2) is 0 Å². The Morgan fingerprint density at radius 2 is 1.85 bits per heavy atom. The molecule has 0 aromatic heterocycles. The molecule has 0 aromatic rings. The van der Waals surface area contributed by atoms with Gasteiger partial charge in [-0.3, -0.25) is 4.90 Å². The Morgan fingerprint density at radius 3 is 2.38 bits per heavy atom. The zero-order valence-corrected chi connectivity index (χ0v) is 9.78. The second kappa shape index (κ2) is 3.58. The van der Waals surface area contributed by atoms with Crippen LogP contribution >= 0.6 is 0 Å². The summed E-state index contributed by atoms with van der Waals surface area (Å²) in [6.45, 7) is 16.2. The first-order valence-corrected chi connectivity index (χ1v) is 5.27. The summed E-state index contributed by atoms with van der Waals surface area (Å²) >= 11 is 0. The predicted molar refractivity (Wildman–Crippen MR) is 58.0 cm³/mol. The van der Waals surface area contributed by atoms with Crippen molar-refractivity contribution < 1.29 is 0 Å². The van der Waals surface area contributed by atoms with Gasteiger partial charge in [0.25, 0.3) is 0 Å². The van der Waals surface area contributed by atoms with E-state index in [-0.39, 0.29) is 0 Å². The highest BCUT2D eigenvalue weighted by atomic mass is 15.2. The fourth-order valence-corrected chi connectivity index (χ4v) is 1.87. The number of nitrogens with zero attached hydrogens (tertiary/aromatic N) is 1. The van der Waals surface area contributed by atoms with Gasteiger partial charge in [-0.2, -0.15) is 0 Å². The topological polar surface area (TPSA) is 15.3 Å². The SMILES string of the molecule is CC1(C)CNCCN(C(C)(C)C)C1. The van der Waals surface area contributed by atoms with Crippen LogP contribution in [0.3, 0.4) is 0 Å². The standard InChI is InChI=1S/C11H24N2/c1-10(2,3)13-7-6-12-8-11(4,5)9-13/h12H,6-9H2,1-5H3. The van der Waals surface area contributed by atoms with Gasteiger partial charge in [0.2, 0.25) is 0 Å². The molecule has 0 unspecified atom stereocenters. The van der Waals surface area contributed by atoms with Crippen molar-refractivity contribution >= 4 is 0 Å². The van der Waals surface area contributed by atoms with Crippen LogP contribution in [0, 0.1) is 5.41 Å². The van der Waals surface area contributed by atoms with E-state index in [9.17, 15) is 0 Å². The van der Waals surface area contributed by atoms with E-state index in [1.807, 2.05) is 0 Å². The second-order valence-electron chi connectivity index (χ2n) is 5.93. The number of rotatable bonds is 0. The molecule has 1 rings (SSSR count). The lowest BCUT2D eigenvalue weighted by Gasteiger charge is -2.38. The Hall–Kier alpha value is -0.0800. The first kappa shape index (κ1) is 11.0. The Morgan fingerprint density at radius 1 is 1.23 bits per heavy atom. The maximum atomic E-state index is 3.50. The van der Waals surface area contributed by atoms with Gasteiger partial charge in [-0.25, -0.2) is 0 Å². The first-order chi connectivity index (χ1) is 5.81. The number of hydrogen-bond donors (Lipinski definition) is 1. The number of hydrogen-bond acceptors (Lipinski definition) is 2. The normalized spacial score (nSPS) is 25.6. The molecule has 1 aliphatic rings. The minimum atomic E-state index is 0.309. The van der Waals surface area contributed by atoms with Gasteiger partial charge in [-0.05, 0) is 26.2 Å². The molecule has 0 bridgehead atoms. The predicted octanol–water partition coefficient (Wildman–Crippen LogP) is 1.72. The van der Waals surface area contributed by atoms with Crippen molar-refractivity contribution in [3.8, 4) is 0 Å². The summed E-state index contributed by atoms with van der Waals surface area (Å²) in [5.41, 5.74) is 0.715. The van der Waals surface area contributed by atoms with Crippen molar-refractivity contribution in [2.24, 2.45) is 5.41 Å². The fraction of sp³-hybridized carbons (Fsp3) is 1.00. The van der Waals surface area contributed by atoms with Crippen molar-refractivity contribution in [1.82, 2.24) is 10.2 Å². The van der Waals surface area contributed by atoms with Crippen LogP contribution in [-0.4, -0.2) is 36.6 Å². The average molecular weight is 184 g/mol. The molecule has 1 fully saturated rings. The lowest BCUT2D eigenvalue weighted by Crippen LogP contribution is -2.46. The summed E-state index contributed by atoms with van der Waals surface area (Å²) in [5, 5.41) is 3.50. The minimum absolute atomic E-state index is 0.309. The van der Waals surface area contributed by atoms with Crippen LogP contribution in [0.25, 0.3) is 0 Å². The quantitative estimate of drug-likeness (QED) is 0.616. The number of nitrogens with one attached hydrogen (secondary N) is 1. The van der Waals surface area contributed by atoms with Crippen LogP contribution < -0.4 is 5.32 Å². The van der Waals surface area contributed by atoms with E-state index in [2.05, 4.69) is 44.8 Å². The summed E-state index contributed by atoms with van der Waals surface area (Å²) < 4.78 is 0. The molecule has 1 heterocycles. The van der Waals surface area contributed by atoms with Gasteiger partial charge in [-0.1, -0.05) is 13.8 Å². The van der Waals surface area contributed by atoms with Gasteiger partial charge >= 0.3 is 0 Å². The molecular formula is C11H24N2. The zero-order chi connectivity index (χ0) is 10.1. The van der Waals surface area contributed by atoms with Crippen LogP contribution in [0.2, 0.25) is 0 Å². The molecule has 1 N–H and O–H groups in total. The van der Waals surface area contributed by atoms with E-state index in [1.54, 1.807) is 0 Å². The summed E-state index contributed by atoms with van der Waals surface area (Å²) in [6, 6.07) is 0. The van der Waals surface area contributed by atoms with Gasteiger partial charge in [0.05, 0.1) is 0 Å². The van der Waals surface area contributed by atoms with Crippen molar-refractivity contribution in [2.45, 2.75) is 40.2 Å². The molecule has 0 atom stereocenters. The summed E-state index contributed by atoms with van der Waals surface area (Å²) in [7, 11) is 0. The molecule has 13 heavy (non-hydrogen) atoms. The van der Waals surface area contributed by atoms with Crippen LogP contribution in [-0.2, 0) is 0 Å². The van der Waals surface area contributed by atoms with E-state index in [4.69, 9.17) is 0 Å². The molecular weight excluding hydrogens is 160 g/mol. The Bertz CT molecular complexity index is 167. The third kappa shape index (κ3) is 3.28. The molecule has 0 saturated carbocycles. The molecule has 0 aliphatic carbocycles. The van der Waals surface area contributed by atoms with Crippen LogP contribution in [0.1, 0.15) is 34.6 Å². The fourth-order valence-electron chi connectivity index (χ4n) is 1.87. The first-order valence-electron chi connectivity index (χ1n) is 5.27. The van der Waals surface area contributed by atoms with Crippen LogP contribution in [0.15, 0.2) is 0 Å². The van der Waals surface area contributed by atoms with E-state index in [1.165, 1.54) is 13.1 Å². The third-order valence-electron chi connectivity index (χ3n) is 2.73. The smallest absolute Gasteiger partial charge is 0.0125 e. The van der Waals surface area contributed by atoms with Gasteiger partial charge in [0, 0.05) is 31.7 Å². The monoisotopic (exact) mass is 184 g/mol. The largest absolute Gasteiger partial charge is 0.315 e. The van der Waals surface area contributed by atoms with Crippen molar-refractivity contribution in [1.29, 1.82) is 0 Å².